The molecule has 0 spiro atoms. The van der Waals surface area contributed by atoms with Gasteiger partial charge in [0.2, 0.25) is 9.84 Å². The molecule has 0 aliphatic heterocycles. The van der Waals surface area contributed by atoms with Gasteiger partial charge in [0.25, 0.3) is 5.12 Å². The molecule has 72 valence electrons. The van der Waals surface area contributed by atoms with E-state index in [-0.39, 0.29) is 0 Å². The molecule has 0 saturated carbocycles. The summed E-state index contributed by atoms with van der Waals surface area (Å²) < 4.78 is 21.4. The molecule has 0 aliphatic carbocycles. The number of hydrogen-bond donors (Lipinski definition) is 1. The van der Waals surface area contributed by atoms with Crippen molar-refractivity contribution in [3.63, 3.8) is 0 Å². The van der Waals surface area contributed by atoms with Crippen LogP contribution in [0.3, 0.4) is 0 Å². The number of nitrogens with two attached hydrogens (primary N) is 1. The molecule has 12 heavy (non-hydrogen) atoms. The Hall–Kier alpha value is -0.0700. The quantitative estimate of drug-likeness (QED) is 0.687. The van der Waals surface area contributed by atoms with Crippen molar-refractivity contribution in [1.29, 1.82) is 0 Å². The van der Waals surface area contributed by atoms with Crippen LogP contribution >= 0.6 is 11.8 Å². The van der Waals surface area contributed by atoms with Gasteiger partial charge in [0, 0.05) is 6.26 Å². The van der Waals surface area contributed by atoms with E-state index in [1.165, 1.54) is 11.8 Å². The summed E-state index contributed by atoms with van der Waals surface area (Å²) in [6, 6.07) is -0.868. The fourth-order valence-electron chi connectivity index (χ4n) is 0.638. The molecule has 0 aliphatic rings. The molecule has 1 atom stereocenters. The molecule has 0 fully saturated rings. The molecule has 4 nitrogen and oxygen atoms in total. The van der Waals surface area contributed by atoms with E-state index in [1.807, 2.05) is 6.26 Å². The zero-order chi connectivity index (χ0) is 9.78. The molecular formula is C6H13NO3S2. The van der Waals surface area contributed by atoms with Crippen LogP contribution in [0.25, 0.3) is 0 Å². The topological polar surface area (TPSA) is 77.2 Å². The van der Waals surface area contributed by atoms with Gasteiger partial charge in [-0.25, -0.2) is 8.42 Å². The van der Waals surface area contributed by atoms with Gasteiger partial charge in [-0.2, -0.15) is 11.8 Å². The van der Waals surface area contributed by atoms with Crippen molar-refractivity contribution in [1.82, 2.24) is 0 Å². The normalized spacial score (nSPS) is 14.2. The Kier molecular flexibility index (Phi) is 4.81. The van der Waals surface area contributed by atoms with E-state index in [0.29, 0.717) is 12.2 Å². The Bertz CT molecular complexity index is 248. The minimum atomic E-state index is -3.61. The third kappa shape index (κ3) is 4.08. The van der Waals surface area contributed by atoms with Crippen LogP contribution in [-0.4, -0.2) is 37.8 Å². The maximum absolute atomic E-state index is 10.9. The third-order valence-corrected chi connectivity index (χ3v) is 2.98. The molecular weight excluding hydrogens is 198 g/mol. The van der Waals surface area contributed by atoms with E-state index in [0.717, 1.165) is 6.26 Å². The second-order valence-corrected chi connectivity index (χ2v) is 5.41. The smallest absolute Gasteiger partial charge is 0.262 e. The Morgan fingerprint density at radius 2 is 2.08 bits per heavy atom. The van der Waals surface area contributed by atoms with Gasteiger partial charge in [0.1, 0.15) is 0 Å². The molecule has 6 heteroatoms. The van der Waals surface area contributed by atoms with Gasteiger partial charge in [-0.1, -0.05) is 0 Å². The van der Waals surface area contributed by atoms with Crippen molar-refractivity contribution in [2.45, 2.75) is 12.5 Å². The van der Waals surface area contributed by atoms with Crippen LogP contribution in [0.5, 0.6) is 0 Å². The lowest BCUT2D eigenvalue weighted by Gasteiger charge is -2.06. The highest BCUT2D eigenvalue weighted by Crippen LogP contribution is 2.02. The summed E-state index contributed by atoms with van der Waals surface area (Å²) in [6.45, 7) is 0. The molecule has 0 unspecified atom stereocenters. The van der Waals surface area contributed by atoms with Crippen LogP contribution in [0, 0.1) is 0 Å². The van der Waals surface area contributed by atoms with Crippen molar-refractivity contribution >= 4 is 26.7 Å². The molecule has 0 saturated heterocycles. The van der Waals surface area contributed by atoms with E-state index in [4.69, 9.17) is 5.73 Å². The van der Waals surface area contributed by atoms with E-state index in [9.17, 15) is 13.2 Å². The van der Waals surface area contributed by atoms with Crippen molar-refractivity contribution in [2.24, 2.45) is 5.73 Å². The molecule has 0 heterocycles. The number of thioether (sulfide) groups is 1. The van der Waals surface area contributed by atoms with Gasteiger partial charge >= 0.3 is 0 Å². The highest BCUT2D eigenvalue weighted by atomic mass is 32.2. The first-order valence-electron chi connectivity index (χ1n) is 3.38. The van der Waals surface area contributed by atoms with Gasteiger partial charge in [-0.15, -0.1) is 0 Å². The van der Waals surface area contributed by atoms with E-state index < -0.39 is 21.0 Å². The molecule has 2 N–H and O–H groups in total. The van der Waals surface area contributed by atoms with Crippen molar-refractivity contribution in [3.05, 3.63) is 0 Å². The summed E-state index contributed by atoms with van der Waals surface area (Å²) in [5.74, 6) is 0.697. The Balaban J connectivity index is 4.12. The maximum atomic E-state index is 10.9. The van der Waals surface area contributed by atoms with E-state index in [1.54, 1.807) is 0 Å². The minimum Gasteiger partial charge on any atom is -0.321 e. The molecule has 0 rings (SSSR count). The number of rotatable bonds is 4. The minimum absolute atomic E-state index is 0.410. The predicted molar refractivity (Wildman–Crippen MR) is 50.8 cm³/mol. The Labute approximate surface area is 76.8 Å². The zero-order valence-corrected chi connectivity index (χ0v) is 8.74. The average Bonchev–Trinajstić information content (AvgIpc) is 1.97. The SMILES string of the molecule is CSCC[C@H](N)C(=O)S(C)(=O)=O. The van der Waals surface area contributed by atoms with Crippen LogP contribution in [-0.2, 0) is 14.6 Å². The highest BCUT2D eigenvalue weighted by Gasteiger charge is 2.22. The van der Waals surface area contributed by atoms with Crippen molar-refractivity contribution < 1.29 is 13.2 Å². The van der Waals surface area contributed by atoms with Crippen LogP contribution in [0.2, 0.25) is 0 Å². The summed E-state index contributed by atoms with van der Waals surface area (Å²) in [5, 5.41) is -0.864. The van der Waals surface area contributed by atoms with Crippen molar-refractivity contribution in [3.8, 4) is 0 Å². The standard InChI is InChI=1S/C6H13NO3S2/c1-11-4-3-5(7)6(8)12(2,9)10/h5H,3-4,7H2,1-2H3/t5-/m0/s1. The third-order valence-electron chi connectivity index (χ3n) is 1.30. The monoisotopic (exact) mass is 211 g/mol. The highest BCUT2D eigenvalue weighted by molar-refractivity contribution is 8.05. The second-order valence-electron chi connectivity index (χ2n) is 2.48. The average molecular weight is 211 g/mol. The first-order chi connectivity index (χ1) is 5.39. The van der Waals surface area contributed by atoms with Crippen molar-refractivity contribution in [2.75, 3.05) is 18.3 Å². The second kappa shape index (κ2) is 4.84. The van der Waals surface area contributed by atoms with Crippen LogP contribution < -0.4 is 5.73 Å². The first-order valence-corrected chi connectivity index (χ1v) is 6.66. The summed E-state index contributed by atoms with van der Waals surface area (Å²) in [4.78, 5) is 10.9. The fourth-order valence-corrected chi connectivity index (χ4v) is 1.80. The molecule has 0 aromatic rings. The largest absolute Gasteiger partial charge is 0.321 e. The van der Waals surface area contributed by atoms with E-state index >= 15 is 0 Å². The maximum Gasteiger partial charge on any atom is 0.262 e. The lowest BCUT2D eigenvalue weighted by atomic mass is 10.3. The molecule has 0 amide bonds. The fraction of sp³-hybridized carbons (Fsp3) is 0.833. The molecule has 0 radical (unpaired) electrons. The molecule has 0 aromatic heterocycles. The lowest BCUT2D eigenvalue weighted by molar-refractivity contribution is -0.112. The number of sulfone groups is 1. The van der Waals surface area contributed by atoms with Crippen LogP contribution in [0.15, 0.2) is 0 Å². The predicted octanol–water partition coefficient (Wildman–Crippen LogP) is -0.362. The summed E-state index contributed by atoms with van der Waals surface area (Å²) >= 11 is 1.53. The van der Waals surface area contributed by atoms with Gasteiger partial charge in [-0.05, 0) is 18.4 Å². The number of hydrogen-bond acceptors (Lipinski definition) is 5. The van der Waals surface area contributed by atoms with Gasteiger partial charge in [0.05, 0.1) is 6.04 Å². The molecule has 0 bridgehead atoms. The van der Waals surface area contributed by atoms with Gasteiger partial charge in [-0.3, -0.25) is 4.79 Å². The summed E-state index contributed by atoms with van der Waals surface area (Å²) in [7, 11) is -3.61. The summed E-state index contributed by atoms with van der Waals surface area (Å²) in [6.07, 6.45) is 3.17. The van der Waals surface area contributed by atoms with Crippen LogP contribution in [0.1, 0.15) is 6.42 Å². The van der Waals surface area contributed by atoms with Gasteiger partial charge in [0.15, 0.2) is 0 Å². The Morgan fingerprint density at radius 1 is 1.58 bits per heavy atom. The number of carbonyl (C=O) groups excluding carboxylic acids is 1. The first kappa shape index (κ1) is 11.9. The lowest BCUT2D eigenvalue weighted by Crippen LogP contribution is -2.35. The van der Waals surface area contributed by atoms with Gasteiger partial charge < -0.3 is 5.73 Å². The Morgan fingerprint density at radius 3 is 2.42 bits per heavy atom. The number of carbonyl (C=O) groups is 1. The van der Waals surface area contributed by atoms with E-state index in [2.05, 4.69) is 0 Å². The zero-order valence-electron chi connectivity index (χ0n) is 7.11. The van der Waals surface area contributed by atoms with Crippen LogP contribution in [0.4, 0.5) is 0 Å². The summed E-state index contributed by atoms with van der Waals surface area (Å²) in [5.41, 5.74) is 5.35. The molecule has 0 aromatic carbocycles.